The van der Waals surface area contributed by atoms with Gasteiger partial charge in [0.25, 0.3) is 0 Å². The number of fused-ring (bicyclic) bond motifs is 1. The highest BCUT2D eigenvalue weighted by molar-refractivity contribution is 6.42. The van der Waals surface area contributed by atoms with Crippen LogP contribution in [0.4, 0.5) is 4.79 Å². The molecule has 2 aromatic rings. The van der Waals surface area contributed by atoms with Crippen LogP contribution in [0.2, 0.25) is 10.0 Å². The first-order valence-corrected chi connectivity index (χ1v) is 9.10. The van der Waals surface area contributed by atoms with Crippen LogP contribution in [-0.4, -0.2) is 43.8 Å². The van der Waals surface area contributed by atoms with Crippen LogP contribution in [0.1, 0.15) is 29.4 Å². The Labute approximate surface area is 160 Å². The van der Waals surface area contributed by atoms with Crippen molar-refractivity contribution >= 4 is 34.9 Å². The van der Waals surface area contributed by atoms with Gasteiger partial charge in [0.1, 0.15) is 11.6 Å². The summed E-state index contributed by atoms with van der Waals surface area (Å²) in [6, 6.07) is 3.15. The Hall–Kier alpha value is -2.18. The molecule has 1 amide bonds. The Balaban J connectivity index is 1.61. The highest BCUT2D eigenvalue weighted by Crippen LogP contribution is 2.42. The number of rotatable bonds is 2. The van der Waals surface area contributed by atoms with Crippen molar-refractivity contribution in [3.63, 3.8) is 0 Å². The average molecular weight is 394 g/mol. The molecule has 2 N–H and O–H groups in total. The molecule has 1 aromatic heterocycles. The van der Waals surface area contributed by atoms with Gasteiger partial charge in [-0.25, -0.2) is 9.78 Å². The number of phenols is 1. The molecule has 2 aliphatic heterocycles. The maximum atomic E-state index is 11.1. The van der Waals surface area contributed by atoms with Crippen molar-refractivity contribution in [1.82, 2.24) is 14.5 Å². The summed E-state index contributed by atoms with van der Waals surface area (Å²) < 4.78 is 2.13. The van der Waals surface area contributed by atoms with E-state index < -0.39 is 6.09 Å². The summed E-state index contributed by atoms with van der Waals surface area (Å²) in [6.07, 6.45) is 4.21. The molecule has 3 heterocycles. The van der Waals surface area contributed by atoms with Gasteiger partial charge >= 0.3 is 6.09 Å². The van der Waals surface area contributed by atoms with E-state index in [4.69, 9.17) is 28.3 Å². The zero-order valence-electron chi connectivity index (χ0n) is 13.8. The molecule has 0 saturated carbocycles. The summed E-state index contributed by atoms with van der Waals surface area (Å²) in [5.74, 6) is 1.08. The van der Waals surface area contributed by atoms with Crippen molar-refractivity contribution in [2.75, 3.05) is 13.1 Å². The van der Waals surface area contributed by atoms with E-state index in [-0.39, 0.29) is 11.7 Å². The summed E-state index contributed by atoms with van der Waals surface area (Å²) in [5.41, 5.74) is 2.76. The zero-order valence-corrected chi connectivity index (χ0v) is 15.3. The lowest BCUT2D eigenvalue weighted by Crippen LogP contribution is -2.33. The Kier molecular flexibility index (Phi) is 4.32. The number of hydrogen-bond acceptors (Lipinski definition) is 3. The van der Waals surface area contributed by atoms with Gasteiger partial charge in [-0.1, -0.05) is 29.3 Å². The van der Waals surface area contributed by atoms with E-state index >= 15 is 0 Å². The minimum Gasteiger partial charge on any atom is -0.508 e. The maximum absolute atomic E-state index is 11.1. The second kappa shape index (κ2) is 6.52. The fourth-order valence-electron chi connectivity index (χ4n) is 3.76. The van der Waals surface area contributed by atoms with Crippen LogP contribution in [-0.2, 0) is 13.0 Å². The van der Waals surface area contributed by atoms with Crippen LogP contribution in [0.15, 0.2) is 24.4 Å². The molecule has 6 nitrogen and oxygen atoms in total. The third kappa shape index (κ3) is 2.83. The van der Waals surface area contributed by atoms with Gasteiger partial charge in [0.05, 0.1) is 21.9 Å². The Morgan fingerprint density at radius 2 is 2.12 bits per heavy atom. The molecule has 4 rings (SSSR count). The van der Waals surface area contributed by atoms with Gasteiger partial charge in [0, 0.05) is 37.5 Å². The minimum atomic E-state index is -0.898. The quantitative estimate of drug-likeness (QED) is 0.807. The molecule has 0 radical (unpaired) electrons. The van der Waals surface area contributed by atoms with Gasteiger partial charge in [-0.05, 0) is 24.1 Å². The number of carboxylic acid groups (broad SMARTS) is 1. The highest BCUT2D eigenvalue weighted by Gasteiger charge is 2.31. The standard InChI is InChI=1S/C18H17Cl2N3O3/c19-12-1-2-14(24)16(17(12)20)11-7-15-21-8-13(23(15)9-11)10-3-5-22(6-4-10)18(25)26/h1-3,8,11,24H,4-7,9H2,(H,25,26). The number of benzene rings is 1. The number of aromatic hydroxyl groups is 1. The van der Waals surface area contributed by atoms with E-state index in [2.05, 4.69) is 9.55 Å². The van der Waals surface area contributed by atoms with Crippen LogP contribution >= 0.6 is 23.2 Å². The van der Waals surface area contributed by atoms with Gasteiger partial charge in [-0.15, -0.1) is 0 Å². The van der Waals surface area contributed by atoms with Crippen LogP contribution in [0.3, 0.4) is 0 Å². The van der Waals surface area contributed by atoms with Crippen LogP contribution < -0.4 is 0 Å². The predicted molar refractivity (Wildman–Crippen MR) is 99.0 cm³/mol. The van der Waals surface area contributed by atoms with E-state index in [0.717, 1.165) is 17.1 Å². The van der Waals surface area contributed by atoms with Crippen molar-refractivity contribution in [3.8, 4) is 5.75 Å². The molecule has 136 valence electrons. The van der Waals surface area contributed by atoms with Gasteiger partial charge in [0.15, 0.2) is 0 Å². The van der Waals surface area contributed by atoms with Crippen molar-refractivity contribution in [1.29, 1.82) is 0 Å². The summed E-state index contributed by atoms with van der Waals surface area (Å²) in [5, 5.41) is 20.1. The fraction of sp³-hybridized carbons (Fsp3) is 0.333. The lowest BCUT2D eigenvalue weighted by atomic mass is 9.96. The van der Waals surface area contributed by atoms with Crippen molar-refractivity contribution in [3.05, 3.63) is 51.5 Å². The number of hydrogen-bond donors (Lipinski definition) is 2. The smallest absolute Gasteiger partial charge is 0.407 e. The van der Waals surface area contributed by atoms with Crippen LogP contribution in [0.5, 0.6) is 5.75 Å². The largest absolute Gasteiger partial charge is 0.508 e. The molecule has 1 unspecified atom stereocenters. The second-order valence-electron chi connectivity index (χ2n) is 6.57. The van der Waals surface area contributed by atoms with E-state index in [1.165, 1.54) is 4.90 Å². The summed E-state index contributed by atoms with van der Waals surface area (Å²) >= 11 is 12.4. The fourth-order valence-corrected chi connectivity index (χ4v) is 4.23. The Morgan fingerprint density at radius 3 is 2.81 bits per heavy atom. The first-order chi connectivity index (χ1) is 12.5. The molecule has 0 bridgehead atoms. The number of halogens is 2. The number of phenolic OH excluding ortho intramolecular Hbond substituents is 1. The van der Waals surface area contributed by atoms with Gasteiger partial charge in [-0.2, -0.15) is 0 Å². The molecule has 8 heteroatoms. The molecular formula is C18H17Cl2N3O3. The third-order valence-corrected chi connectivity index (χ3v) is 5.92. The predicted octanol–water partition coefficient (Wildman–Crippen LogP) is 4.00. The van der Waals surface area contributed by atoms with Gasteiger partial charge in [-0.3, -0.25) is 0 Å². The van der Waals surface area contributed by atoms with E-state index in [9.17, 15) is 9.90 Å². The number of carbonyl (C=O) groups is 1. The average Bonchev–Trinajstić information content (AvgIpc) is 3.19. The molecule has 1 aromatic carbocycles. The molecule has 0 saturated heterocycles. The number of nitrogens with zero attached hydrogens (tertiary/aromatic N) is 3. The molecule has 0 fully saturated rings. The number of imidazole rings is 1. The summed E-state index contributed by atoms with van der Waals surface area (Å²) in [7, 11) is 0. The SMILES string of the molecule is O=C(O)N1CC=C(c2cnc3n2CC(c2c(O)ccc(Cl)c2Cl)C3)CC1. The molecule has 26 heavy (non-hydrogen) atoms. The maximum Gasteiger partial charge on any atom is 0.407 e. The van der Waals surface area contributed by atoms with Gasteiger partial charge < -0.3 is 19.7 Å². The topological polar surface area (TPSA) is 78.6 Å². The van der Waals surface area contributed by atoms with Crippen LogP contribution in [0, 0.1) is 0 Å². The molecule has 0 aliphatic carbocycles. The Bertz CT molecular complexity index is 923. The Morgan fingerprint density at radius 1 is 1.31 bits per heavy atom. The van der Waals surface area contributed by atoms with Crippen LogP contribution in [0.25, 0.3) is 5.57 Å². The van der Waals surface area contributed by atoms with Crippen molar-refractivity contribution in [2.45, 2.75) is 25.3 Å². The zero-order chi connectivity index (χ0) is 18.4. The normalized spacial score (nSPS) is 19.4. The lowest BCUT2D eigenvalue weighted by Gasteiger charge is -2.24. The molecule has 0 spiro atoms. The molecular weight excluding hydrogens is 377 g/mol. The third-order valence-electron chi connectivity index (χ3n) is 5.10. The van der Waals surface area contributed by atoms with E-state index in [0.29, 0.717) is 48.1 Å². The highest BCUT2D eigenvalue weighted by atomic mass is 35.5. The summed E-state index contributed by atoms with van der Waals surface area (Å²) in [6.45, 7) is 1.51. The number of amides is 1. The van der Waals surface area contributed by atoms with E-state index in [1.54, 1.807) is 12.1 Å². The minimum absolute atomic E-state index is 0.00311. The first kappa shape index (κ1) is 17.2. The lowest BCUT2D eigenvalue weighted by molar-refractivity contribution is 0.150. The number of aromatic nitrogens is 2. The first-order valence-electron chi connectivity index (χ1n) is 8.34. The molecule has 1 atom stereocenters. The van der Waals surface area contributed by atoms with E-state index in [1.807, 2.05) is 12.3 Å². The summed E-state index contributed by atoms with van der Waals surface area (Å²) in [4.78, 5) is 17.0. The monoisotopic (exact) mass is 393 g/mol. The molecule has 2 aliphatic rings. The van der Waals surface area contributed by atoms with Crippen molar-refractivity contribution < 1.29 is 15.0 Å². The van der Waals surface area contributed by atoms with Gasteiger partial charge in [0.2, 0.25) is 0 Å². The second-order valence-corrected chi connectivity index (χ2v) is 7.36. The van der Waals surface area contributed by atoms with Crippen molar-refractivity contribution in [2.24, 2.45) is 0 Å².